The summed E-state index contributed by atoms with van der Waals surface area (Å²) in [6.45, 7) is 2.94. The molecule has 0 radical (unpaired) electrons. The fourth-order valence-corrected chi connectivity index (χ4v) is 1.72. The van der Waals surface area contributed by atoms with Crippen LogP contribution in [0, 0.1) is 0 Å². The van der Waals surface area contributed by atoms with Crippen molar-refractivity contribution in [3.05, 3.63) is 36.4 Å². The molecule has 0 saturated heterocycles. The van der Waals surface area contributed by atoms with Gasteiger partial charge >= 0.3 is 0 Å². The van der Waals surface area contributed by atoms with Gasteiger partial charge in [-0.15, -0.1) is 0 Å². The third-order valence-electron chi connectivity index (χ3n) is 2.62. The van der Waals surface area contributed by atoms with E-state index in [-0.39, 0.29) is 0 Å². The van der Waals surface area contributed by atoms with Crippen molar-refractivity contribution < 1.29 is 4.74 Å². The molecule has 0 bridgehead atoms. The van der Waals surface area contributed by atoms with Crippen LogP contribution in [0.4, 0.5) is 5.69 Å². The number of anilines is 1. The Bertz CT molecular complexity index is 479. The molecule has 2 rings (SSSR count). The van der Waals surface area contributed by atoms with E-state index in [0.29, 0.717) is 0 Å². The summed E-state index contributed by atoms with van der Waals surface area (Å²) >= 11 is 0. The van der Waals surface area contributed by atoms with Gasteiger partial charge in [-0.25, -0.2) is 0 Å². The summed E-state index contributed by atoms with van der Waals surface area (Å²) in [5.41, 5.74) is 6.54. The molecular weight excluding hydrogens is 198 g/mol. The molecule has 0 unspecified atom stereocenters. The van der Waals surface area contributed by atoms with Gasteiger partial charge < -0.3 is 10.5 Å². The molecule has 0 amide bonds. The van der Waals surface area contributed by atoms with Gasteiger partial charge in [0.15, 0.2) is 0 Å². The van der Waals surface area contributed by atoms with Gasteiger partial charge in [0.05, 0.1) is 6.61 Å². The minimum absolute atomic E-state index is 0.778. The summed E-state index contributed by atoms with van der Waals surface area (Å²) in [5.74, 6) is 0.950. The predicted molar refractivity (Wildman–Crippen MR) is 68.8 cm³/mol. The predicted octanol–water partition coefficient (Wildman–Crippen LogP) is 3.60. The summed E-state index contributed by atoms with van der Waals surface area (Å²) in [7, 11) is 0. The van der Waals surface area contributed by atoms with Crippen LogP contribution in [0.15, 0.2) is 36.4 Å². The second-order valence-electron chi connectivity index (χ2n) is 3.94. The summed E-state index contributed by atoms with van der Waals surface area (Å²) in [5, 5.41) is 2.27. The summed E-state index contributed by atoms with van der Waals surface area (Å²) in [4.78, 5) is 0. The van der Waals surface area contributed by atoms with Crippen LogP contribution in [0.5, 0.6) is 5.75 Å². The first-order chi connectivity index (χ1) is 7.81. The molecule has 0 saturated carbocycles. The zero-order valence-corrected chi connectivity index (χ0v) is 9.57. The smallest absolute Gasteiger partial charge is 0.127 e. The SMILES string of the molecule is CCCCOc1cccc2cc(N)ccc12. The Morgan fingerprint density at radius 2 is 2.06 bits per heavy atom. The van der Waals surface area contributed by atoms with Crippen LogP contribution in [-0.2, 0) is 0 Å². The van der Waals surface area contributed by atoms with Crippen molar-refractivity contribution >= 4 is 16.5 Å². The quantitative estimate of drug-likeness (QED) is 0.624. The molecule has 0 heterocycles. The van der Waals surface area contributed by atoms with Crippen molar-refractivity contribution in [1.82, 2.24) is 0 Å². The first-order valence-corrected chi connectivity index (χ1v) is 5.72. The van der Waals surface area contributed by atoms with E-state index in [9.17, 15) is 0 Å². The maximum absolute atomic E-state index is 5.76. The molecule has 0 spiro atoms. The third kappa shape index (κ3) is 2.27. The highest BCUT2D eigenvalue weighted by molar-refractivity contribution is 5.90. The lowest BCUT2D eigenvalue weighted by atomic mass is 10.1. The van der Waals surface area contributed by atoms with E-state index in [0.717, 1.165) is 41.7 Å². The number of nitrogen functional groups attached to an aromatic ring is 1. The maximum Gasteiger partial charge on any atom is 0.127 e. The molecular formula is C14H17NO. The molecule has 2 aromatic rings. The molecule has 2 aromatic carbocycles. The van der Waals surface area contributed by atoms with Crippen LogP contribution in [0.3, 0.4) is 0 Å². The highest BCUT2D eigenvalue weighted by Gasteiger charge is 2.01. The summed E-state index contributed by atoms with van der Waals surface area (Å²) in [6, 6.07) is 12.0. The van der Waals surface area contributed by atoms with E-state index < -0.39 is 0 Å². The maximum atomic E-state index is 5.76. The fraction of sp³-hybridized carbons (Fsp3) is 0.286. The number of hydrogen-bond donors (Lipinski definition) is 1. The largest absolute Gasteiger partial charge is 0.493 e. The van der Waals surface area contributed by atoms with Gasteiger partial charge in [-0.2, -0.15) is 0 Å². The normalized spacial score (nSPS) is 10.6. The summed E-state index contributed by atoms with van der Waals surface area (Å²) in [6.07, 6.45) is 2.24. The number of nitrogens with two attached hydrogens (primary N) is 1. The number of benzene rings is 2. The first-order valence-electron chi connectivity index (χ1n) is 5.72. The second kappa shape index (κ2) is 4.88. The molecule has 0 atom stereocenters. The number of fused-ring (bicyclic) bond motifs is 1. The van der Waals surface area contributed by atoms with Gasteiger partial charge in [-0.05, 0) is 36.1 Å². The van der Waals surface area contributed by atoms with E-state index >= 15 is 0 Å². The van der Waals surface area contributed by atoms with Crippen LogP contribution >= 0.6 is 0 Å². The molecule has 16 heavy (non-hydrogen) atoms. The Morgan fingerprint density at radius 3 is 2.88 bits per heavy atom. The Labute approximate surface area is 96.0 Å². The van der Waals surface area contributed by atoms with Gasteiger partial charge in [0.1, 0.15) is 5.75 Å². The van der Waals surface area contributed by atoms with E-state index in [2.05, 4.69) is 13.0 Å². The zero-order chi connectivity index (χ0) is 11.4. The summed E-state index contributed by atoms with van der Waals surface area (Å²) < 4.78 is 5.76. The molecule has 0 aliphatic carbocycles. The Kier molecular flexibility index (Phi) is 3.30. The number of hydrogen-bond acceptors (Lipinski definition) is 2. The minimum atomic E-state index is 0.778. The second-order valence-corrected chi connectivity index (χ2v) is 3.94. The van der Waals surface area contributed by atoms with Crippen LogP contribution < -0.4 is 10.5 Å². The van der Waals surface area contributed by atoms with Crippen molar-refractivity contribution in [3.63, 3.8) is 0 Å². The van der Waals surface area contributed by atoms with Gasteiger partial charge in [0.2, 0.25) is 0 Å². The van der Waals surface area contributed by atoms with Gasteiger partial charge in [-0.3, -0.25) is 0 Å². The van der Waals surface area contributed by atoms with E-state index in [4.69, 9.17) is 10.5 Å². The van der Waals surface area contributed by atoms with E-state index in [1.807, 2.05) is 30.3 Å². The highest BCUT2D eigenvalue weighted by Crippen LogP contribution is 2.27. The molecule has 2 N–H and O–H groups in total. The van der Waals surface area contributed by atoms with Crippen LogP contribution in [0.1, 0.15) is 19.8 Å². The molecule has 0 fully saturated rings. The van der Waals surface area contributed by atoms with Crippen LogP contribution in [0.2, 0.25) is 0 Å². The van der Waals surface area contributed by atoms with Crippen LogP contribution in [0.25, 0.3) is 10.8 Å². The van der Waals surface area contributed by atoms with E-state index in [1.54, 1.807) is 0 Å². The average Bonchev–Trinajstić information content (AvgIpc) is 2.29. The number of ether oxygens (including phenoxy) is 1. The van der Waals surface area contributed by atoms with Crippen LogP contribution in [-0.4, -0.2) is 6.61 Å². The van der Waals surface area contributed by atoms with Crippen molar-refractivity contribution in [2.24, 2.45) is 0 Å². The molecule has 0 aliphatic heterocycles. The van der Waals surface area contributed by atoms with Gasteiger partial charge in [0, 0.05) is 11.1 Å². The van der Waals surface area contributed by atoms with Gasteiger partial charge in [-0.1, -0.05) is 25.5 Å². The van der Waals surface area contributed by atoms with Crippen molar-refractivity contribution in [2.45, 2.75) is 19.8 Å². The lowest BCUT2D eigenvalue weighted by Crippen LogP contribution is -1.97. The Morgan fingerprint density at radius 1 is 1.19 bits per heavy atom. The Hall–Kier alpha value is -1.70. The lowest BCUT2D eigenvalue weighted by Gasteiger charge is -2.09. The van der Waals surface area contributed by atoms with E-state index in [1.165, 1.54) is 0 Å². The highest BCUT2D eigenvalue weighted by atomic mass is 16.5. The molecule has 2 nitrogen and oxygen atoms in total. The lowest BCUT2D eigenvalue weighted by molar-refractivity contribution is 0.313. The van der Waals surface area contributed by atoms with Crippen molar-refractivity contribution in [1.29, 1.82) is 0 Å². The van der Waals surface area contributed by atoms with Crippen molar-refractivity contribution in [3.8, 4) is 5.75 Å². The molecule has 2 heteroatoms. The standard InChI is InChI=1S/C14H17NO/c1-2-3-9-16-14-6-4-5-11-10-12(15)7-8-13(11)14/h4-8,10H,2-3,9,15H2,1H3. The Balaban J connectivity index is 2.30. The molecule has 0 aliphatic rings. The topological polar surface area (TPSA) is 35.2 Å². The molecule has 84 valence electrons. The number of rotatable bonds is 4. The third-order valence-corrected chi connectivity index (χ3v) is 2.62. The van der Waals surface area contributed by atoms with Gasteiger partial charge in [0.25, 0.3) is 0 Å². The average molecular weight is 215 g/mol. The minimum Gasteiger partial charge on any atom is -0.493 e. The van der Waals surface area contributed by atoms with Crippen molar-refractivity contribution in [2.75, 3.05) is 12.3 Å². The zero-order valence-electron chi connectivity index (χ0n) is 9.57. The molecule has 0 aromatic heterocycles. The first kappa shape index (κ1) is 10.8. The number of unbranched alkanes of at least 4 members (excludes halogenated alkanes) is 1. The monoisotopic (exact) mass is 215 g/mol. The fourth-order valence-electron chi connectivity index (χ4n) is 1.72.